The molecule has 0 N–H and O–H groups in total. The molecule has 10 heteroatoms. The molecule has 0 spiro atoms. The lowest BCUT2D eigenvalue weighted by molar-refractivity contribution is -0.121. The van der Waals surface area contributed by atoms with Crippen LogP contribution < -0.4 is 9.47 Å². The zero-order valence-corrected chi connectivity index (χ0v) is 19.1. The maximum absolute atomic E-state index is 12.9. The summed E-state index contributed by atoms with van der Waals surface area (Å²) in [7, 11) is -0.987. The van der Waals surface area contributed by atoms with Gasteiger partial charge in [-0.15, -0.1) is 11.0 Å². The van der Waals surface area contributed by atoms with Crippen molar-refractivity contribution in [2.75, 3.05) is 20.8 Å². The molecule has 1 heterocycles. The zero-order valence-electron chi connectivity index (χ0n) is 16.7. The molecule has 2 aromatic carbocycles. The van der Waals surface area contributed by atoms with Crippen LogP contribution in [0.5, 0.6) is 11.5 Å². The fourth-order valence-corrected chi connectivity index (χ4v) is 5.04. The largest absolute Gasteiger partial charge is 0.493 e. The average molecular weight is 479 g/mol. The molecule has 1 aliphatic rings. The molecule has 0 bridgehead atoms. The number of hydrogen-bond donors (Lipinski definition) is 0. The third kappa shape index (κ3) is 5.12. The summed E-state index contributed by atoms with van der Waals surface area (Å²) in [5.74, 6) is 0.693. The van der Waals surface area contributed by atoms with Crippen LogP contribution in [0.2, 0.25) is 5.02 Å². The third-order valence-electron chi connectivity index (χ3n) is 4.21. The van der Waals surface area contributed by atoms with Crippen LogP contribution in [-0.4, -0.2) is 45.2 Å². The number of amidine groups is 1. The maximum atomic E-state index is 12.9. The number of ether oxygens (including phenoxy) is 2. The van der Waals surface area contributed by atoms with E-state index in [1.807, 2.05) is 0 Å². The summed E-state index contributed by atoms with van der Waals surface area (Å²) in [4.78, 5) is 14.5. The molecule has 31 heavy (non-hydrogen) atoms. The van der Waals surface area contributed by atoms with Gasteiger partial charge in [-0.2, -0.15) is 8.42 Å². The van der Waals surface area contributed by atoms with Crippen LogP contribution in [0.1, 0.15) is 5.56 Å². The van der Waals surface area contributed by atoms with Crippen molar-refractivity contribution in [3.8, 4) is 11.5 Å². The lowest BCUT2D eigenvalue weighted by Crippen LogP contribution is -2.29. The number of rotatable bonds is 7. The number of carbonyl (C=O) groups is 1. The van der Waals surface area contributed by atoms with E-state index in [0.717, 1.165) is 11.8 Å². The second-order valence-electron chi connectivity index (χ2n) is 6.23. The van der Waals surface area contributed by atoms with Gasteiger partial charge < -0.3 is 9.47 Å². The summed E-state index contributed by atoms with van der Waals surface area (Å²) in [5.41, 5.74) is 0.689. The minimum Gasteiger partial charge on any atom is -0.493 e. The first kappa shape index (κ1) is 22.9. The number of hydrogen-bond acceptors (Lipinski definition) is 6. The summed E-state index contributed by atoms with van der Waals surface area (Å²) in [6.07, 6.45) is 3.14. The van der Waals surface area contributed by atoms with Crippen LogP contribution in [0.4, 0.5) is 0 Å². The zero-order chi connectivity index (χ0) is 22.6. The van der Waals surface area contributed by atoms with Gasteiger partial charge in [0.1, 0.15) is 0 Å². The van der Waals surface area contributed by atoms with Crippen molar-refractivity contribution in [2.45, 2.75) is 4.90 Å². The number of carbonyl (C=O) groups excluding carboxylic acids is 1. The van der Waals surface area contributed by atoms with Crippen molar-refractivity contribution in [2.24, 2.45) is 4.40 Å². The van der Waals surface area contributed by atoms with E-state index < -0.39 is 10.0 Å². The van der Waals surface area contributed by atoms with Gasteiger partial charge >= 0.3 is 0 Å². The van der Waals surface area contributed by atoms with E-state index in [0.29, 0.717) is 27.0 Å². The highest BCUT2D eigenvalue weighted by Crippen LogP contribution is 2.35. The summed E-state index contributed by atoms with van der Waals surface area (Å²) < 4.78 is 39.8. The van der Waals surface area contributed by atoms with Gasteiger partial charge in [-0.1, -0.05) is 23.7 Å². The number of sulfonamides is 1. The molecule has 0 aromatic heterocycles. The first-order chi connectivity index (χ1) is 14.8. The number of thioether (sulfide) groups is 1. The molecule has 3 rings (SSSR count). The van der Waals surface area contributed by atoms with Crippen molar-refractivity contribution >= 4 is 50.5 Å². The molecule has 0 saturated carbocycles. The van der Waals surface area contributed by atoms with Gasteiger partial charge in [0.2, 0.25) is 0 Å². The Morgan fingerprint density at radius 1 is 1.13 bits per heavy atom. The van der Waals surface area contributed by atoms with E-state index in [1.54, 1.807) is 24.3 Å². The Bertz CT molecular complexity index is 1170. The normalized spacial score (nSPS) is 16.7. The molecule has 162 valence electrons. The second-order valence-corrected chi connectivity index (χ2v) is 9.28. The minimum absolute atomic E-state index is 0.0201. The number of benzene rings is 2. The minimum atomic E-state index is -4.03. The standard InChI is InChI=1S/C21H19ClN2O5S2/c1-4-11-24-20(25)19(13-14-5-10-17(28-2)18(12-14)29-3)30-21(24)23-31(26,27)16-8-6-15(22)7-9-16/h4-10,12-13H,1,11H2,2-3H3/b19-13-,23-21+. The smallest absolute Gasteiger partial charge is 0.284 e. The van der Waals surface area contributed by atoms with Crippen molar-refractivity contribution in [3.05, 3.63) is 70.6 Å². The van der Waals surface area contributed by atoms with Gasteiger partial charge in [0.25, 0.3) is 15.9 Å². The molecule has 1 aliphatic heterocycles. The summed E-state index contributed by atoms with van der Waals surface area (Å²) in [6.45, 7) is 3.75. The Labute approximate surface area is 190 Å². The molecule has 0 aliphatic carbocycles. The predicted molar refractivity (Wildman–Crippen MR) is 123 cm³/mol. The molecule has 1 amide bonds. The molecule has 1 fully saturated rings. The Balaban J connectivity index is 1.99. The number of methoxy groups -OCH3 is 2. The molecule has 1 saturated heterocycles. The number of nitrogens with zero attached hydrogens (tertiary/aromatic N) is 2. The average Bonchev–Trinajstić information content (AvgIpc) is 3.02. The van der Waals surface area contributed by atoms with Crippen LogP contribution in [0.25, 0.3) is 6.08 Å². The van der Waals surface area contributed by atoms with Crippen molar-refractivity contribution < 1.29 is 22.7 Å². The number of halogens is 1. The molecule has 2 aromatic rings. The first-order valence-electron chi connectivity index (χ1n) is 8.94. The van der Waals surface area contributed by atoms with Crippen LogP contribution in [0.3, 0.4) is 0 Å². The second kappa shape index (κ2) is 9.59. The highest BCUT2D eigenvalue weighted by molar-refractivity contribution is 8.19. The van der Waals surface area contributed by atoms with Crippen molar-refractivity contribution in [3.63, 3.8) is 0 Å². The van der Waals surface area contributed by atoms with E-state index in [4.69, 9.17) is 21.1 Å². The van der Waals surface area contributed by atoms with Gasteiger partial charge in [-0.05, 0) is 59.8 Å². The summed E-state index contributed by atoms with van der Waals surface area (Å²) in [6, 6.07) is 10.9. The van der Waals surface area contributed by atoms with E-state index in [9.17, 15) is 13.2 Å². The van der Waals surface area contributed by atoms with Crippen molar-refractivity contribution in [1.82, 2.24) is 4.90 Å². The van der Waals surface area contributed by atoms with Gasteiger partial charge in [-0.3, -0.25) is 9.69 Å². The maximum Gasteiger partial charge on any atom is 0.284 e. The topological polar surface area (TPSA) is 85.3 Å². The molecule has 0 atom stereocenters. The van der Waals surface area contributed by atoms with Gasteiger partial charge in [0.15, 0.2) is 16.7 Å². The van der Waals surface area contributed by atoms with Gasteiger partial charge in [-0.25, -0.2) is 0 Å². The Hall–Kier alpha value is -2.75. The van der Waals surface area contributed by atoms with Gasteiger partial charge in [0, 0.05) is 11.6 Å². The van der Waals surface area contributed by atoms with Gasteiger partial charge in [0.05, 0.1) is 24.0 Å². The monoisotopic (exact) mass is 478 g/mol. The lowest BCUT2D eigenvalue weighted by atomic mass is 10.2. The predicted octanol–water partition coefficient (Wildman–Crippen LogP) is 4.20. The third-order valence-corrected chi connectivity index (χ3v) is 6.87. The van der Waals surface area contributed by atoms with Crippen LogP contribution in [-0.2, 0) is 14.8 Å². The first-order valence-corrected chi connectivity index (χ1v) is 11.6. The Morgan fingerprint density at radius 3 is 2.42 bits per heavy atom. The van der Waals surface area contributed by atoms with E-state index in [-0.39, 0.29) is 22.5 Å². The molecule has 0 unspecified atom stereocenters. The van der Waals surface area contributed by atoms with Crippen LogP contribution in [0.15, 0.2) is 69.3 Å². The molecular weight excluding hydrogens is 460 g/mol. The fourth-order valence-electron chi connectivity index (χ4n) is 2.72. The summed E-state index contributed by atoms with van der Waals surface area (Å²) in [5, 5.41) is 0.456. The SMILES string of the molecule is C=CCN1C(=O)/C(=C/c2ccc(OC)c(OC)c2)S/C1=N/S(=O)(=O)c1ccc(Cl)cc1. The van der Waals surface area contributed by atoms with E-state index in [2.05, 4.69) is 11.0 Å². The molecule has 0 radical (unpaired) electrons. The van der Waals surface area contributed by atoms with Crippen molar-refractivity contribution in [1.29, 1.82) is 0 Å². The van der Waals surface area contributed by atoms with Crippen LogP contribution in [0, 0.1) is 0 Å². The highest BCUT2D eigenvalue weighted by atomic mass is 35.5. The fraction of sp³-hybridized carbons (Fsp3) is 0.143. The highest BCUT2D eigenvalue weighted by Gasteiger charge is 2.34. The number of amides is 1. The summed E-state index contributed by atoms with van der Waals surface area (Å²) >= 11 is 6.80. The quantitative estimate of drug-likeness (QED) is 0.438. The van der Waals surface area contributed by atoms with E-state index >= 15 is 0 Å². The Kier molecular flexibility index (Phi) is 7.09. The Morgan fingerprint density at radius 2 is 1.81 bits per heavy atom. The van der Waals surface area contributed by atoms with E-state index in [1.165, 1.54) is 49.5 Å². The lowest BCUT2D eigenvalue weighted by Gasteiger charge is -2.12. The molecule has 7 nitrogen and oxygen atoms in total. The van der Waals surface area contributed by atoms with Crippen LogP contribution >= 0.6 is 23.4 Å². The molecular formula is C21H19ClN2O5S2.